The maximum absolute atomic E-state index is 10.1. The lowest BCUT2D eigenvalue weighted by Crippen LogP contribution is -2.46. The van der Waals surface area contributed by atoms with Gasteiger partial charge >= 0.3 is 0 Å². The molecule has 0 radical (unpaired) electrons. The van der Waals surface area contributed by atoms with Crippen LogP contribution in [0.15, 0.2) is 24.5 Å². The number of hydrazine groups is 1. The summed E-state index contributed by atoms with van der Waals surface area (Å²) in [5, 5.41) is 15.7. The quantitative estimate of drug-likeness (QED) is 0.244. The zero-order chi connectivity index (χ0) is 20.5. The van der Waals surface area contributed by atoms with Crippen LogP contribution in [0, 0.1) is 0 Å². The highest BCUT2D eigenvalue weighted by Gasteiger charge is 2.27. The van der Waals surface area contributed by atoms with E-state index in [0.29, 0.717) is 17.6 Å². The number of aliphatic hydroxyl groups excluding tert-OH is 1. The Labute approximate surface area is 175 Å². The monoisotopic (exact) mass is 411 g/mol. The zero-order valence-electron chi connectivity index (χ0n) is 17.0. The molecule has 1 unspecified atom stereocenters. The minimum absolute atomic E-state index is 0.393. The van der Waals surface area contributed by atoms with Crippen LogP contribution in [0.25, 0.3) is 21.9 Å². The number of hydrogen-bond acceptors (Lipinski definition) is 8. The van der Waals surface area contributed by atoms with Gasteiger partial charge in [-0.3, -0.25) is 10.7 Å². The summed E-state index contributed by atoms with van der Waals surface area (Å²) in [7, 11) is 0. The number of nitrogens with one attached hydrogen (secondary N) is 3. The van der Waals surface area contributed by atoms with Crippen LogP contribution in [0.2, 0.25) is 0 Å². The predicted molar refractivity (Wildman–Crippen MR) is 116 cm³/mol. The molecule has 9 nitrogen and oxygen atoms in total. The highest BCUT2D eigenvalue weighted by molar-refractivity contribution is 6.11. The lowest BCUT2D eigenvalue weighted by Gasteiger charge is -2.39. The number of benzene rings is 1. The van der Waals surface area contributed by atoms with Gasteiger partial charge in [0, 0.05) is 36.1 Å². The Balaban J connectivity index is 1.36. The summed E-state index contributed by atoms with van der Waals surface area (Å²) in [6, 6.07) is 6.77. The molecule has 1 aliphatic heterocycles. The number of ether oxygens (including phenoxy) is 1. The molecule has 5 rings (SSSR count). The molecule has 3 aromatic rings. The number of rotatable bonds is 5. The van der Waals surface area contributed by atoms with Crippen molar-refractivity contribution in [3.05, 3.63) is 30.1 Å². The highest BCUT2D eigenvalue weighted by atomic mass is 16.5. The van der Waals surface area contributed by atoms with Crippen molar-refractivity contribution in [1.29, 1.82) is 0 Å². The number of nitrogens with zero attached hydrogens (tertiary/aromatic N) is 3. The first-order valence-electron chi connectivity index (χ1n) is 10.7. The normalized spacial score (nSPS) is 24.3. The number of hydrogen-bond donors (Lipinski definition) is 5. The number of nitrogens with two attached hydrogens (primary N) is 1. The third kappa shape index (κ3) is 3.75. The molecule has 2 aromatic heterocycles. The summed E-state index contributed by atoms with van der Waals surface area (Å²) >= 11 is 0. The Morgan fingerprint density at radius 1 is 1.17 bits per heavy atom. The SMILES string of the molecule is NNC(O)c1ccc2[nH]c3ncnc(N[C@H]4CC[C@H](N5CCOCC5)CC4)c3c2c1. The van der Waals surface area contributed by atoms with Crippen LogP contribution in [0.1, 0.15) is 37.5 Å². The van der Waals surface area contributed by atoms with E-state index in [4.69, 9.17) is 10.6 Å². The summed E-state index contributed by atoms with van der Waals surface area (Å²) in [6.07, 6.45) is 5.30. The molecule has 9 heteroatoms. The molecule has 1 atom stereocenters. The van der Waals surface area contributed by atoms with Crippen molar-refractivity contribution >= 4 is 27.8 Å². The third-order valence-electron chi connectivity index (χ3n) is 6.49. The molecule has 1 saturated heterocycles. The van der Waals surface area contributed by atoms with Crippen molar-refractivity contribution in [2.45, 2.75) is 44.0 Å². The van der Waals surface area contributed by atoms with Crippen molar-refractivity contribution in [2.24, 2.45) is 5.84 Å². The summed E-state index contributed by atoms with van der Waals surface area (Å²) in [4.78, 5) is 14.9. The average Bonchev–Trinajstić information content (AvgIpc) is 3.18. The first kappa shape index (κ1) is 19.7. The van der Waals surface area contributed by atoms with E-state index < -0.39 is 6.23 Å². The summed E-state index contributed by atoms with van der Waals surface area (Å²) in [5.41, 5.74) is 4.83. The van der Waals surface area contributed by atoms with Gasteiger partial charge in [-0.15, -0.1) is 0 Å². The van der Waals surface area contributed by atoms with E-state index in [9.17, 15) is 5.11 Å². The molecule has 6 N–H and O–H groups in total. The average molecular weight is 412 g/mol. The van der Waals surface area contributed by atoms with Crippen LogP contribution in [-0.4, -0.2) is 63.3 Å². The maximum Gasteiger partial charge on any atom is 0.143 e. The van der Waals surface area contributed by atoms with E-state index in [-0.39, 0.29) is 0 Å². The smallest absolute Gasteiger partial charge is 0.143 e. The molecule has 0 amide bonds. The second kappa shape index (κ2) is 8.44. The molecule has 2 aliphatic rings. The van der Waals surface area contributed by atoms with Crippen molar-refractivity contribution in [1.82, 2.24) is 25.3 Å². The Morgan fingerprint density at radius 2 is 1.97 bits per heavy atom. The van der Waals surface area contributed by atoms with Gasteiger partial charge in [-0.1, -0.05) is 6.07 Å². The molecule has 1 aromatic carbocycles. The standard InChI is InChI=1S/C21H29N7O2/c22-27-21(29)13-1-6-17-16(11-13)18-19(23-12-24-20(18)26-17)25-14-2-4-15(5-3-14)28-7-9-30-10-8-28/h1,6,11-12,14-15,21,27,29H,2-5,7-10,22H2,(H2,23,24,25,26)/t14-,15-,21?. The summed E-state index contributed by atoms with van der Waals surface area (Å²) in [5.74, 6) is 6.24. The second-order valence-corrected chi connectivity index (χ2v) is 8.24. The van der Waals surface area contributed by atoms with Gasteiger partial charge in [0.25, 0.3) is 0 Å². The third-order valence-corrected chi connectivity index (χ3v) is 6.49. The van der Waals surface area contributed by atoms with E-state index in [2.05, 4.69) is 30.6 Å². The largest absolute Gasteiger partial charge is 0.379 e. The van der Waals surface area contributed by atoms with Crippen molar-refractivity contribution in [3.63, 3.8) is 0 Å². The molecule has 1 saturated carbocycles. The number of aliphatic hydroxyl groups is 1. The Bertz CT molecular complexity index is 1010. The van der Waals surface area contributed by atoms with E-state index in [1.54, 1.807) is 6.33 Å². The Hall–Kier alpha value is -2.30. The molecule has 3 heterocycles. The summed E-state index contributed by atoms with van der Waals surface area (Å²) in [6.45, 7) is 3.81. The number of anilines is 1. The van der Waals surface area contributed by atoms with E-state index in [1.165, 1.54) is 12.8 Å². The van der Waals surface area contributed by atoms with Crippen molar-refractivity contribution in [3.8, 4) is 0 Å². The van der Waals surface area contributed by atoms with Crippen LogP contribution in [-0.2, 0) is 4.74 Å². The van der Waals surface area contributed by atoms with Crippen LogP contribution < -0.4 is 16.6 Å². The fourth-order valence-electron chi connectivity index (χ4n) is 4.84. The van der Waals surface area contributed by atoms with Crippen LogP contribution in [0.5, 0.6) is 0 Å². The van der Waals surface area contributed by atoms with E-state index in [0.717, 1.165) is 66.9 Å². The molecule has 0 spiro atoms. The lowest BCUT2D eigenvalue weighted by atomic mass is 9.90. The number of morpholine rings is 1. The predicted octanol–water partition coefficient (Wildman–Crippen LogP) is 1.62. The minimum atomic E-state index is -0.921. The number of aromatic amines is 1. The van der Waals surface area contributed by atoms with Gasteiger partial charge < -0.3 is 20.1 Å². The van der Waals surface area contributed by atoms with Gasteiger partial charge in [-0.25, -0.2) is 15.4 Å². The lowest BCUT2D eigenvalue weighted by molar-refractivity contribution is 0.00791. The van der Waals surface area contributed by atoms with Gasteiger partial charge in [0.05, 0.1) is 18.6 Å². The Morgan fingerprint density at radius 3 is 2.73 bits per heavy atom. The van der Waals surface area contributed by atoms with Crippen molar-refractivity contribution < 1.29 is 9.84 Å². The molecular weight excluding hydrogens is 382 g/mol. The van der Waals surface area contributed by atoms with Gasteiger partial charge in [0.1, 0.15) is 24.0 Å². The van der Waals surface area contributed by atoms with Crippen molar-refractivity contribution in [2.75, 3.05) is 31.6 Å². The van der Waals surface area contributed by atoms with E-state index in [1.807, 2.05) is 18.2 Å². The zero-order valence-corrected chi connectivity index (χ0v) is 17.0. The first-order chi connectivity index (χ1) is 14.7. The maximum atomic E-state index is 10.1. The molecule has 1 aliphatic carbocycles. The molecule has 0 bridgehead atoms. The number of fused-ring (bicyclic) bond motifs is 3. The van der Waals surface area contributed by atoms with Crippen LogP contribution in [0.3, 0.4) is 0 Å². The van der Waals surface area contributed by atoms with Crippen LogP contribution >= 0.6 is 0 Å². The fourth-order valence-corrected chi connectivity index (χ4v) is 4.84. The first-order valence-corrected chi connectivity index (χ1v) is 10.7. The fraction of sp³-hybridized carbons (Fsp3) is 0.524. The molecule has 2 fully saturated rings. The van der Waals surface area contributed by atoms with Gasteiger partial charge in [0.2, 0.25) is 0 Å². The van der Waals surface area contributed by atoms with Crippen LogP contribution in [0.4, 0.5) is 5.82 Å². The molecule has 30 heavy (non-hydrogen) atoms. The summed E-state index contributed by atoms with van der Waals surface area (Å²) < 4.78 is 5.49. The highest BCUT2D eigenvalue weighted by Crippen LogP contribution is 2.33. The number of aromatic nitrogens is 3. The van der Waals surface area contributed by atoms with Gasteiger partial charge in [-0.2, -0.15) is 0 Å². The molecular formula is C21H29N7O2. The Kier molecular flexibility index (Phi) is 5.53. The van der Waals surface area contributed by atoms with Gasteiger partial charge in [-0.05, 0) is 43.4 Å². The topological polar surface area (TPSA) is 124 Å². The van der Waals surface area contributed by atoms with Gasteiger partial charge in [0.15, 0.2) is 0 Å². The number of H-pyrrole nitrogens is 1. The second-order valence-electron chi connectivity index (χ2n) is 8.24. The molecule has 160 valence electrons. The minimum Gasteiger partial charge on any atom is -0.379 e. The van der Waals surface area contributed by atoms with E-state index >= 15 is 0 Å².